The van der Waals surface area contributed by atoms with Crippen molar-refractivity contribution in [3.63, 3.8) is 0 Å². The third kappa shape index (κ3) is 2.85. The molecule has 1 N–H and O–H groups in total. The number of hydrogen-bond acceptors (Lipinski definition) is 2. The quantitative estimate of drug-likeness (QED) is 0.481. The first-order valence-corrected chi connectivity index (χ1v) is 10.0. The van der Waals surface area contributed by atoms with Gasteiger partial charge in [0.05, 0.1) is 5.69 Å². The number of anilines is 2. The number of nitrogens with zero attached hydrogens (tertiary/aromatic N) is 1. The standard InChI is InChI=1S/C26H20N2O2/c1-2-28-23-16-15-22(20-9-6-10-21(24(20)23)26(28)30)27-25(29)19-13-11-18(12-14-19)17-7-4-3-5-8-17/h3-16H,2H2,1H3,(H,27,29). The van der Waals surface area contributed by atoms with Gasteiger partial charge in [0.2, 0.25) is 0 Å². The van der Waals surface area contributed by atoms with Crippen molar-refractivity contribution >= 4 is 34.0 Å². The first-order chi connectivity index (χ1) is 14.7. The Balaban J connectivity index is 1.46. The predicted octanol–water partition coefficient (Wildman–Crippen LogP) is 5.74. The molecule has 1 heterocycles. The summed E-state index contributed by atoms with van der Waals surface area (Å²) in [6, 6.07) is 27.1. The molecule has 0 unspecified atom stereocenters. The predicted molar refractivity (Wildman–Crippen MR) is 121 cm³/mol. The van der Waals surface area contributed by atoms with Crippen molar-refractivity contribution in [1.82, 2.24) is 0 Å². The molecule has 0 fully saturated rings. The molecule has 0 atom stereocenters. The minimum atomic E-state index is -0.174. The van der Waals surface area contributed by atoms with E-state index >= 15 is 0 Å². The zero-order valence-corrected chi connectivity index (χ0v) is 16.6. The molecule has 0 aromatic heterocycles. The van der Waals surface area contributed by atoms with E-state index in [2.05, 4.69) is 5.32 Å². The summed E-state index contributed by atoms with van der Waals surface area (Å²) in [7, 11) is 0. The van der Waals surface area contributed by atoms with Gasteiger partial charge >= 0.3 is 0 Å². The second-order valence-corrected chi connectivity index (χ2v) is 7.31. The van der Waals surface area contributed by atoms with Crippen molar-refractivity contribution in [3.05, 3.63) is 96.1 Å². The van der Waals surface area contributed by atoms with Crippen LogP contribution in [0.5, 0.6) is 0 Å². The monoisotopic (exact) mass is 392 g/mol. The van der Waals surface area contributed by atoms with E-state index in [9.17, 15) is 9.59 Å². The number of hydrogen-bond donors (Lipinski definition) is 1. The van der Waals surface area contributed by atoms with Crippen LogP contribution in [-0.2, 0) is 0 Å². The Morgan fingerprint density at radius 2 is 1.57 bits per heavy atom. The van der Waals surface area contributed by atoms with Gasteiger partial charge in [-0.1, -0.05) is 54.6 Å². The van der Waals surface area contributed by atoms with E-state index in [4.69, 9.17) is 0 Å². The average Bonchev–Trinajstić information content (AvgIpc) is 3.08. The van der Waals surface area contributed by atoms with Crippen LogP contribution < -0.4 is 10.2 Å². The molecule has 4 heteroatoms. The molecule has 5 rings (SSSR count). The fourth-order valence-corrected chi connectivity index (χ4v) is 4.11. The van der Waals surface area contributed by atoms with Gasteiger partial charge in [-0.15, -0.1) is 0 Å². The number of amides is 2. The second-order valence-electron chi connectivity index (χ2n) is 7.31. The zero-order chi connectivity index (χ0) is 20.7. The highest BCUT2D eigenvalue weighted by Crippen LogP contribution is 2.40. The summed E-state index contributed by atoms with van der Waals surface area (Å²) >= 11 is 0. The van der Waals surface area contributed by atoms with E-state index in [1.54, 1.807) is 4.90 Å². The minimum Gasteiger partial charge on any atom is -0.321 e. The van der Waals surface area contributed by atoms with E-state index in [0.717, 1.165) is 27.6 Å². The smallest absolute Gasteiger partial charge is 0.258 e. The van der Waals surface area contributed by atoms with Crippen molar-refractivity contribution in [3.8, 4) is 11.1 Å². The Labute approximate surface area is 174 Å². The van der Waals surface area contributed by atoms with Crippen molar-refractivity contribution in [2.45, 2.75) is 6.92 Å². The van der Waals surface area contributed by atoms with Gasteiger partial charge in [0.15, 0.2) is 0 Å². The fraction of sp³-hybridized carbons (Fsp3) is 0.0769. The SMILES string of the molecule is CCN1C(=O)c2cccc3c(NC(=O)c4ccc(-c5ccccc5)cc4)ccc1c23. The van der Waals surface area contributed by atoms with Crippen molar-refractivity contribution in [1.29, 1.82) is 0 Å². The Hall–Kier alpha value is -3.92. The van der Waals surface area contributed by atoms with E-state index in [1.165, 1.54) is 0 Å². The molecule has 2 amide bonds. The molecule has 0 aliphatic carbocycles. The first-order valence-electron chi connectivity index (χ1n) is 10.0. The molecule has 0 bridgehead atoms. The number of benzene rings is 4. The summed E-state index contributed by atoms with van der Waals surface area (Å²) in [5.74, 6) is -0.162. The number of carbonyl (C=O) groups excluding carboxylic acids is 2. The summed E-state index contributed by atoms with van der Waals surface area (Å²) in [6.45, 7) is 2.58. The minimum absolute atomic E-state index is 0.0121. The van der Waals surface area contributed by atoms with Crippen LogP contribution >= 0.6 is 0 Å². The third-order valence-corrected chi connectivity index (χ3v) is 5.60. The third-order valence-electron chi connectivity index (χ3n) is 5.60. The molecule has 4 nitrogen and oxygen atoms in total. The Kier molecular flexibility index (Phi) is 4.32. The highest BCUT2D eigenvalue weighted by molar-refractivity contribution is 6.27. The lowest BCUT2D eigenvalue weighted by atomic mass is 10.0. The van der Waals surface area contributed by atoms with E-state index in [0.29, 0.717) is 23.4 Å². The number of rotatable bonds is 4. The van der Waals surface area contributed by atoms with Crippen LogP contribution in [0.15, 0.2) is 84.9 Å². The maximum atomic E-state index is 12.9. The van der Waals surface area contributed by atoms with Gasteiger partial charge in [-0.05, 0) is 48.4 Å². The van der Waals surface area contributed by atoms with Crippen LogP contribution in [0.4, 0.5) is 11.4 Å². The number of carbonyl (C=O) groups is 2. The molecular formula is C26H20N2O2. The topological polar surface area (TPSA) is 49.4 Å². The maximum absolute atomic E-state index is 12.9. The normalized spacial score (nSPS) is 12.4. The molecule has 0 radical (unpaired) electrons. The summed E-state index contributed by atoms with van der Waals surface area (Å²) < 4.78 is 0. The van der Waals surface area contributed by atoms with Crippen LogP contribution in [-0.4, -0.2) is 18.4 Å². The lowest BCUT2D eigenvalue weighted by molar-refractivity contribution is 0.0992. The van der Waals surface area contributed by atoms with Crippen molar-refractivity contribution < 1.29 is 9.59 Å². The molecule has 1 aliphatic rings. The molecule has 0 saturated carbocycles. The second kappa shape index (κ2) is 7.16. The average molecular weight is 392 g/mol. The lowest BCUT2D eigenvalue weighted by Gasteiger charge is -2.15. The van der Waals surface area contributed by atoms with Gasteiger partial charge in [0.1, 0.15) is 0 Å². The molecule has 4 aromatic carbocycles. The van der Waals surface area contributed by atoms with Crippen LogP contribution in [0, 0.1) is 0 Å². The summed E-state index contributed by atoms with van der Waals surface area (Å²) in [4.78, 5) is 27.3. The highest BCUT2D eigenvalue weighted by Gasteiger charge is 2.29. The van der Waals surface area contributed by atoms with Crippen LogP contribution in [0.25, 0.3) is 21.9 Å². The molecule has 4 aromatic rings. The Morgan fingerprint density at radius 1 is 0.833 bits per heavy atom. The molecule has 0 saturated heterocycles. The summed E-state index contributed by atoms with van der Waals surface area (Å²) in [5.41, 5.74) is 5.06. The van der Waals surface area contributed by atoms with Crippen LogP contribution in [0.1, 0.15) is 27.6 Å². The maximum Gasteiger partial charge on any atom is 0.258 e. The zero-order valence-electron chi connectivity index (χ0n) is 16.6. The molecule has 1 aliphatic heterocycles. The highest BCUT2D eigenvalue weighted by atomic mass is 16.2. The Bertz CT molecular complexity index is 1280. The van der Waals surface area contributed by atoms with Gasteiger partial charge in [-0.3, -0.25) is 9.59 Å². The largest absolute Gasteiger partial charge is 0.321 e. The van der Waals surface area contributed by atoms with Gasteiger partial charge < -0.3 is 10.2 Å². The summed E-state index contributed by atoms with van der Waals surface area (Å²) in [6.07, 6.45) is 0. The van der Waals surface area contributed by atoms with Gasteiger partial charge in [0, 0.05) is 34.1 Å². The van der Waals surface area contributed by atoms with Gasteiger partial charge in [-0.2, -0.15) is 0 Å². The van der Waals surface area contributed by atoms with Crippen LogP contribution in [0.2, 0.25) is 0 Å². The van der Waals surface area contributed by atoms with Crippen molar-refractivity contribution in [2.75, 3.05) is 16.8 Å². The first kappa shape index (κ1) is 18.1. The fourth-order valence-electron chi connectivity index (χ4n) is 4.11. The number of nitrogens with one attached hydrogen (secondary N) is 1. The molecular weight excluding hydrogens is 372 g/mol. The van der Waals surface area contributed by atoms with Gasteiger partial charge in [-0.25, -0.2) is 0 Å². The molecule has 30 heavy (non-hydrogen) atoms. The molecule has 146 valence electrons. The van der Waals surface area contributed by atoms with E-state index in [1.807, 2.05) is 91.9 Å². The van der Waals surface area contributed by atoms with E-state index in [-0.39, 0.29) is 11.8 Å². The summed E-state index contributed by atoms with van der Waals surface area (Å²) in [5, 5.41) is 4.80. The van der Waals surface area contributed by atoms with Crippen molar-refractivity contribution in [2.24, 2.45) is 0 Å². The van der Waals surface area contributed by atoms with Crippen LogP contribution in [0.3, 0.4) is 0 Å². The lowest BCUT2D eigenvalue weighted by Crippen LogP contribution is -2.25. The Morgan fingerprint density at radius 3 is 2.30 bits per heavy atom. The molecule has 0 spiro atoms. The van der Waals surface area contributed by atoms with Gasteiger partial charge in [0.25, 0.3) is 11.8 Å². The van der Waals surface area contributed by atoms with E-state index < -0.39 is 0 Å².